The van der Waals surface area contributed by atoms with Crippen LogP contribution in [0.5, 0.6) is 0 Å². The first-order chi connectivity index (χ1) is 63.8. The van der Waals surface area contributed by atoms with E-state index in [9.17, 15) is 17.6 Å². The summed E-state index contributed by atoms with van der Waals surface area (Å²) in [6, 6.07) is 147. The molecule has 20 aromatic rings. The Morgan fingerprint density at radius 2 is 0.440 bits per heavy atom. The van der Waals surface area contributed by atoms with Gasteiger partial charge in [0, 0.05) is 130 Å². The van der Waals surface area contributed by atoms with Crippen LogP contribution in [0.2, 0.25) is 0 Å². The number of nitrogens with zero attached hydrogens (tertiary/aromatic N) is 8. The number of pyridine rings is 8. The molecule has 0 aliphatic heterocycles. The molecule has 0 fully saturated rings. The molecule has 0 bridgehead atoms. The van der Waals surface area contributed by atoms with Gasteiger partial charge in [-0.3, -0.25) is 0 Å². The number of aromatic nitrogens is 8. The molecular weight excluding hydrogens is 2370 g/mol. The standard InChI is InChI=1S/4C17H11FN.C14H14N.C13H12N.C12H10N.C11H8N.4Ir/c4*18-16-9-6-13(7-10-16)15-8-11-17(19-12-15)14-4-2-1-3-5-14;1-11(2)13-8-9-14(15-10-13)12-6-4-3-5-7-12;1-2-11-8-9-13(14-10-11)12-6-4-3-5-7-12;1-10-7-8-12(13-9-10)11-5-3-2-4-6-11;1-2-6-10(7-3-1)11-8-4-5-9-12-11;;;;/h4*1-4,6-12H;3-6,8-11H,1-2H3;3-6,8-10H,2H2,1H3;2-5,7-9H,1H3;1-6,8-9H;;;;/q8*-1;;;;. The molecule has 0 aliphatic carbocycles. The van der Waals surface area contributed by atoms with Crippen molar-refractivity contribution in [1.82, 2.24) is 39.9 Å². The number of hydrogen-bond donors (Lipinski definition) is 0. The normalized spacial score (nSPS) is 9.95. The molecule has 0 spiro atoms. The minimum Gasteiger partial charge on any atom is -0.305 e. The Morgan fingerprint density at radius 3 is 0.627 bits per heavy atom. The second-order valence-electron chi connectivity index (χ2n) is 29.4. The van der Waals surface area contributed by atoms with E-state index in [1.54, 1.807) is 79.5 Å². The Bertz CT molecular complexity index is 6090. The fourth-order valence-electron chi connectivity index (χ4n) is 12.7. The van der Waals surface area contributed by atoms with E-state index in [-0.39, 0.29) is 104 Å². The van der Waals surface area contributed by atoms with Crippen LogP contribution in [0.1, 0.15) is 43.4 Å². The average Bonchev–Trinajstić information content (AvgIpc) is 0.833. The molecule has 8 heterocycles. The van der Waals surface area contributed by atoms with Crippen LogP contribution in [0.25, 0.3) is 135 Å². The molecule has 134 heavy (non-hydrogen) atoms. The molecule has 0 aliphatic rings. The monoisotopic (exact) mass is 2460 g/mol. The minimum absolute atomic E-state index is 0. The van der Waals surface area contributed by atoms with E-state index in [2.05, 4.69) is 133 Å². The number of aryl methyl sites for hydroxylation is 2. The molecule has 0 unspecified atom stereocenters. The van der Waals surface area contributed by atoms with Crippen LogP contribution in [-0.4, -0.2) is 39.9 Å². The van der Waals surface area contributed by atoms with Crippen molar-refractivity contribution in [3.05, 3.63) is 532 Å². The first-order valence-corrected chi connectivity index (χ1v) is 42.2. The van der Waals surface area contributed by atoms with Crippen molar-refractivity contribution >= 4 is 0 Å². The summed E-state index contributed by atoms with van der Waals surface area (Å²) in [5, 5.41) is 0. The van der Waals surface area contributed by atoms with Gasteiger partial charge in [0.2, 0.25) is 0 Å². The van der Waals surface area contributed by atoms with Crippen LogP contribution in [0.3, 0.4) is 0 Å². The van der Waals surface area contributed by atoms with Crippen molar-refractivity contribution in [1.29, 1.82) is 0 Å². The fourth-order valence-corrected chi connectivity index (χ4v) is 12.7. The summed E-state index contributed by atoms with van der Waals surface area (Å²) in [4.78, 5) is 35.1. The Kier molecular flexibility index (Phi) is 43.5. The van der Waals surface area contributed by atoms with Gasteiger partial charge in [0.15, 0.2) is 0 Å². The number of hydrogen-bond acceptors (Lipinski definition) is 8. The maximum Gasteiger partial charge on any atom is 0.123 e. The second kappa shape index (κ2) is 56.1. The number of halogens is 4. The van der Waals surface area contributed by atoms with Gasteiger partial charge in [-0.15, -0.1) is 287 Å². The van der Waals surface area contributed by atoms with E-state index < -0.39 is 0 Å². The first kappa shape index (κ1) is 104. The van der Waals surface area contributed by atoms with Gasteiger partial charge in [-0.1, -0.05) is 166 Å². The molecule has 0 amide bonds. The summed E-state index contributed by atoms with van der Waals surface area (Å²) in [6.45, 7) is 8.51. The molecule has 20 rings (SSSR count). The van der Waals surface area contributed by atoms with E-state index in [1.807, 2.05) is 299 Å². The summed E-state index contributed by atoms with van der Waals surface area (Å²) in [5.41, 5.74) is 26.9. The topological polar surface area (TPSA) is 103 Å². The maximum atomic E-state index is 12.9. The largest absolute Gasteiger partial charge is 0.305 e. The molecule has 0 N–H and O–H groups in total. The average molecular weight is 2460 g/mol. The second-order valence-corrected chi connectivity index (χ2v) is 29.4. The van der Waals surface area contributed by atoms with Crippen molar-refractivity contribution in [2.45, 2.75) is 40.0 Å². The van der Waals surface area contributed by atoms with Crippen LogP contribution in [-0.2, 0) is 86.8 Å². The predicted octanol–water partition coefficient (Wildman–Crippen LogP) is 29.6. The minimum atomic E-state index is -0.229. The molecule has 0 saturated carbocycles. The Hall–Kier alpha value is -13.8. The van der Waals surface area contributed by atoms with Crippen LogP contribution in [0.15, 0.2) is 444 Å². The Balaban J connectivity index is 0.000000172. The quantitative estimate of drug-likeness (QED) is 0.0784. The zero-order valence-corrected chi connectivity index (χ0v) is 82.9. The molecule has 16 heteroatoms. The molecule has 8 aromatic heterocycles. The van der Waals surface area contributed by atoms with Crippen molar-refractivity contribution in [3.63, 3.8) is 0 Å². The Labute approximate surface area is 837 Å². The van der Waals surface area contributed by atoms with Crippen molar-refractivity contribution in [3.8, 4) is 135 Å². The van der Waals surface area contributed by atoms with Gasteiger partial charge in [0.25, 0.3) is 0 Å². The summed E-state index contributed by atoms with van der Waals surface area (Å²) >= 11 is 0. The van der Waals surface area contributed by atoms with Crippen LogP contribution in [0, 0.1) is 78.7 Å². The van der Waals surface area contributed by atoms with Crippen LogP contribution < -0.4 is 0 Å². The van der Waals surface area contributed by atoms with E-state index >= 15 is 0 Å². The van der Waals surface area contributed by atoms with Crippen molar-refractivity contribution in [2.75, 3.05) is 0 Å². The van der Waals surface area contributed by atoms with E-state index in [0.29, 0.717) is 5.92 Å². The zero-order chi connectivity index (χ0) is 90.1. The van der Waals surface area contributed by atoms with Gasteiger partial charge in [-0.25, -0.2) is 17.6 Å². The number of benzene rings is 12. The fraction of sp³-hybridized carbons (Fsp3) is 0.0508. The summed E-state index contributed by atoms with van der Waals surface area (Å²) in [5.74, 6) is -0.384. The summed E-state index contributed by atoms with van der Waals surface area (Å²) < 4.78 is 51.5. The third-order valence-electron chi connectivity index (χ3n) is 19.9. The van der Waals surface area contributed by atoms with E-state index in [4.69, 9.17) is 0 Å². The predicted molar refractivity (Wildman–Crippen MR) is 518 cm³/mol. The number of rotatable bonds is 14. The van der Waals surface area contributed by atoms with Gasteiger partial charge < -0.3 is 39.9 Å². The van der Waals surface area contributed by atoms with Gasteiger partial charge >= 0.3 is 0 Å². The van der Waals surface area contributed by atoms with Gasteiger partial charge in [-0.05, 0) is 181 Å². The molecule has 0 atom stereocenters. The smallest absolute Gasteiger partial charge is 0.123 e. The summed E-state index contributed by atoms with van der Waals surface area (Å²) in [7, 11) is 0. The molecule has 0 saturated heterocycles. The van der Waals surface area contributed by atoms with Crippen molar-refractivity contribution < 1.29 is 98.0 Å². The molecule has 4 radical (unpaired) electrons. The van der Waals surface area contributed by atoms with Gasteiger partial charge in [0.05, 0.1) is 0 Å². The molecule has 672 valence electrons. The summed E-state index contributed by atoms with van der Waals surface area (Å²) in [6.07, 6.45) is 15.7. The Morgan fingerprint density at radius 1 is 0.216 bits per heavy atom. The van der Waals surface area contributed by atoms with Gasteiger partial charge in [-0.2, -0.15) is 0 Å². The molecule has 8 nitrogen and oxygen atoms in total. The third kappa shape index (κ3) is 32.9. The zero-order valence-electron chi connectivity index (χ0n) is 73.4. The van der Waals surface area contributed by atoms with Crippen LogP contribution >= 0.6 is 0 Å². The van der Waals surface area contributed by atoms with Crippen LogP contribution in [0.4, 0.5) is 17.6 Å². The molecule has 12 aromatic carbocycles. The molecular formula is C118H88F4Ir4N8-8. The van der Waals surface area contributed by atoms with Gasteiger partial charge in [0.1, 0.15) is 23.3 Å². The van der Waals surface area contributed by atoms with E-state index in [1.165, 1.54) is 65.2 Å². The third-order valence-corrected chi connectivity index (χ3v) is 19.9. The van der Waals surface area contributed by atoms with Crippen molar-refractivity contribution in [2.24, 2.45) is 0 Å². The first-order valence-electron chi connectivity index (χ1n) is 42.2. The maximum absolute atomic E-state index is 12.9. The SMILES string of the molecule is CC(C)c1ccc(-c2[c-]cccc2)nc1.CCc1ccc(-c2[c-]cccc2)nc1.Cc1ccc(-c2[c-]cccc2)nc1.Fc1ccc(-c2ccc(-c3[c-]cccc3)nc2)cc1.Fc1ccc(-c2ccc(-c3[c-]cccc3)nc2)cc1.Fc1ccc(-c2ccc(-c3[c-]cccc3)nc2)cc1.Fc1ccc(-c2ccc(-c3[c-]cccc3)nc2)cc1.[Ir].[Ir].[Ir].[Ir].[c-]1ccccc1-c1ccccn1. The van der Waals surface area contributed by atoms with E-state index in [0.717, 1.165) is 141 Å².